The molecule has 0 rings (SSSR count). The Morgan fingerprint density at radius 2 is 1.86 bits per heavy atom. The van der Waals surface area contributed by atoms with Crippen LogP contribution in [-0.4, -0.2) is 18.5 Å². The Labute approximate surface area is 50.1 Å². The minimum atomic E-state index is 0.227. The molecule has 2 atom stereocenters. The second kappa shape index (κ2) is 3.28. The summed E-state index contributed by atoms with van der Waals surface area (Å²) in [5, 5.41) is 3.26. The van der Waals surface area contributed by atoms with Gasteiger partial charge in [-0.2, -0.15) is 0 Å². The molecule has 1 nitrogen and oxygen atoms in total. The molecule has 0 spiro atoms. The zero-order valence-corrected chi connectivity index (χ0v) is 5.79. The zero-order chi connectivity index (χ0) is 5.86. The Balaban J connectivity index is 3.14. The quantitative estimate of drug-likeness (QED) is 0.542. The molecule has 0 heterocycles. The van der Waals surface area contributed by atoms with Gasteiger partial charge < -0.3 is 5.32 Å². The normalized spacial score (nSPS) is 18.9. The van der Waals surface area contributed by atoms with Crippen LogP contribution in [0.15, 0.2) is 0 Å². The number of halogens is 1. The van der Waals surface area contributed by atoms with Crippen LogP contribution >= 0.6 is 11.6 Å². The van der Waals surface area contributed by atoms with Crippen molar-refractivity contribution < 1.29 is 0 Å². The first kappa shape index (κ1) is 7.25. The summed E-state index contributed by atoms with van der Waals surface area (Å²) in [6, 6.07) is 0.418. The second-order valence-corrected chi connectivity index (χ2v) is 2.44. The van der Waals surface area contributed by atoms with Gasteiger partial charge in [0.05, 0.1) is 0 Å². The van der Waals surface area contributed by atoms with Gasteiger partial charge >= 0.3 is 0 Å². The van der Waals surface area contributed by atoms with Gasteiger partial charge in [0.25, 0.3) is 0 Å². The van der Waals surface area contributed by atoms with Crippen LogP contribution in [0.3, 0.4) is 0 Å². The van der Waals surface area contributed by atoms with E-state index in [0.29, 0.717) is 6.04 Å². The van der Waals surface area contributed by atoms with E-state index in [-0.39, 0.29) is 5.38 Å². The van der Waals surface area contributed by atoms with Crippen LogP contribution in [0.2, 0.25) is 0 Å². The topological polar surface area (TPSA) is 12.0 Å². The summed E-state index contributed by atoms with van der Waals surface area (Å²) in [6.45, 7) is 4.03. The maximum Gasteiger partial charge on any atom is 0.0458 e. The molecular formula is C5H12ClN. The highest BCUT2D eigenvalue weighted by Crippen LogP contribution is 1.97. The predicted molar refractivity (Wildman–Crippen MR) is 33.8 cm³/mol. The average Bonchev–Trinajstić information content (AvgIpc) is 1.65. The molecule has 0 aliphatic carbocycles. The highest BCUT2D eigenvalue weighted by atomic mass is 35.5. The van der Waals surface area contributed by atoms with E-state index < -0.39 is 0 Å². The maximum absolute atomic E-state index is 5.67. The van der Waals surface area contributed by atoms with Crippen molar-refractivity contribution in [3.8, 4) is 0 Å². The van der Waals surface area contributed by atoms with Gasteiger partial charge in [-0.25, -0.2) is 0 Å². The fourth-order valence-electron chi connectivity index (χ4n) is 0.230. The molecule has 44 valence electrons. The van der Waals surface area contributed by atoms with E-state index in [2.05, 4.69) is 12.2 Å². The van der Waals surface area contributed by atoms with Crippen molar-refractivity contribution in [2.24, 2.45) is 0 Å². The minimum Gasteiger partial charge on any atom is -0.316 e. The Kier molecular flexibility index (Phi) is 3.39. The molecule has 7 heavy (non-hydrogen) atoms. The lowest BCUT2D eigenvalue weighted by Gasteiger charge is -2.10. The maximum atomic E-state index is 5.67. The SMILES string of the molecule is CN[C@H](C)[C@@H](C)Cl. The number of hydrogen-bond acceptors (Lipinski definition) is 1. The van der Waals surface area contributed by atoms with Crippen LogP contribution < -0.4 is 5.32 Å². The van der Waals surface area contributed by atoms with Crippen molar-refractivity contribution in [2.45, 2.75) is 25.3 Å². The highest BCUT2D eigenvalue weighted by molar-refractivity contribution is 6.20. The molecule has 2 heteroatoms. The molecule has 0 saturated heterocycles. The third-order valence-electron chi connectivity index (χ3n) is 1.14. The van der Waals surface area contributed by atoms with Crippen molar-refractivity contribution in [3.63, 3.8) is 0 Å². The summed E-state index contributed by atoms with van der Waals surface area (Å²) < 4.78 is 0. The largest absolute Gasteiger partial charge is 0.316 e. The standard InChI is InChI=1S/C5H12ClN/c1-4(6)5(2)7-3/h4-5,7H,1-3H3/t4-,5-/m1/s1. The number of nitrogens with one attached hydrogen (secondary N) is 1. The second-order valence-electron chi connectivity index (χ2n) is 1.75. The lowest BCUT2D eigenvalue weighted by atomic mass is 10.3. The number of rotatable bonds is 2. The van der Waals surface area contributed by atoms with Crippen molar-refractivity contribution in [1.82, 2.24) is 5.32 Å². The molecule has 0 unspecified atom stereocenters. The summed E-state index contributed by atoms with van der Waals surface area (Å²) >= 11 is 5.67. The first-order valence-corrected chi connectivity index (χ1v) is 2.93. The molecule has 0 bridgehead atoms. The summed E-state index contributed by atoms with van der Waals surface area (Å²) in [6.07, 6.45) is 0. The lowest BCUT2D eigenvalue weighted by Crippen LogP contribution is -2.28. The molecular weight excluding hydrogens is 110 g/mol. The van der Waals surface area contributed by atoms with Crippen LogP contribution in [0.25, 0.3) is 0 Å². The zero-order valence-electron chi connectivity index (χ0n) is 5.03. The van der Waals surface area contributed by atoms with Crippen molar-refractivity contribution >= 4 is 11.6 Å². The lowest BCUT2D eigenvalue weighted by molar-refractivity contribution is 0.600. The summed E-state index contributed by atoms with van der Waals surface area (Å²) in [4.78, 5) is 0. The molecule has 0 aromatic carbocycles. The van der Waals surface area contributed by atoms with Gasteiger partial charge in [0.1, 0.15) is 0 Å². The average molecular weight is 122 g/mol. The van der Waals surface area contributed by atoms with Gasteiger partial charge in [-0.05, 0) is 20.9 Å². The van der Waals surface area contributed by atoms with Gasteiger partial charge in [0.2, 0.25) is 0 Å². The van der Waals surface area contributed by atoms with E-state index in [0.717, 1.165) is 0 Å². The molecule has 1 N–H and O–H groups in total. The first-order valence-electron chi connectivity index (χ1n) is 2.49. The van der Waals surface area contributed by atoms with Crippen molar-refractivity contribution in [3.05, 3.63) is 0 Å². The van der Waals surface area contributed by atoms with Gasteiger partial charge in [-0.3, -0.25) is 0 Å². The molecule has 0 radical (unpaired) electrons. The van der Waals surface area contributed by atoms with Crippen molar-refractivity contribution in [1.29, 1.82) is 0 Å². The van der Waals surface area contributed by atoms with E-state index in [1.165, 1.54) is 0 Å². The Morgan fingerprint density at radius 1 is 1.43 bits per heavy atom. The highest BCUT2D eigenvalue weighted by Gasteiger charge is 2.02. The molecule has 0 aromatic rings. The number of alkyl halides is 1. The van der Waals surface area contributed by atoms with E-state index in [9.17, 15) is 0 Å². The third-order valence-corrected chi connectivity index (χ3v) is 1.52. The van der Waals surface area contributed by atoms with E-state index in [1.807, 2.05) is 14.0 Å². The van der Waals surface area contributed by atoms with Crippen LogP contribution in [0.1, 0.15) is 13.8 Å². The molecule has 0 aromatic heterocycles. The predicted octanol–water partition coefficient (Wildman–Crippen LogP) is 1.22. The molecule has 0 fully saturated rings. The van der Waals surface area contributed by atoms with E-state index in [1.54, 1.807) is 0 Å². The van der Waals surface area contributed by atoms with Gasteiger partial charge in [0, 0.05) is 11.4 Å². The van der Waals surface area contributed by atoms with Gasteiger partial charge in [0.15, 0.2) is 0 Å². The van der Waals surface area contributed by atoms with Crippen LogP contribution in [-0.2, 0) is 0 Å². The van der Waals surface area contributed by atoms with Gasteiger partial charge in [-0.1, -0.05) is 0 Å². The van der Waals surface area contributed by atoms with Crippen LogP contribution in [0, 0.1) is 0 Å². The summed E-state index contributed by atoms with van der Waals surface area (Å²) in [5.41, 5.74) is 0. The monoisotopic (exact) mass is 121 g/mol. The van der Waals surface area contributed by atoms with E-state index in [4.69, 9.17) is 11.6 Å². The third kappa shape index (κ3) is 2.89. The molecule has 0 aliphatic heterocycles. The van der Waals surface area contributed by atoms with Gasteiger partial charge in [-0.15, -0.1) is 11.6 Å². The molecule has 0 aliphatic rings. The molecule has 0 saturated carbocycles. The fraction of sp³-hybridized carbons (Fsp3) is 1.00. The first-order chi connectivity index (χ1) is 3.18. The smallest absolute Gasteiger partial charge is 0.0458 e. The Morgan fingerprint density at radius 3 is 1.86 bits per heavy atom. The summed E-state index contributed by atoms with van der Waals surface area (Å²) in [5.74, 6) is 0. The van der Waals surface area contributed by atoms with Crippen LogP contribution in [0.4, 0.5) is 0 Å². The number of hydrogen-bond donors (Lipinski definition) is 1. The minimum absolute atomic E-state index is 0.227. The molecule has 0 amide bonds. The Bertz CT molecular complexity index is 45.3. The Hall–Kier alpha value is 0.250. The summed E-state index contributed by atoms with van der Waals surface area (Å²) in [7, 11) is 1.91. The van der Waals surface area contributed by atoms with E-state index >= 15 is 0 Å². The van der Waals surface area contributed by atoms with Crippen LogP contribution in [0.5, 0.6) is 0 Å². The fourth-order valence-corrected chi connectivity index (χ4v) is 0.356. The van der Waals surface area contributed by atoms with Crippen molar-refractivity contribution in [2.75, 3.05) is 7.05 Å².